The summed E-state index contributed by atoms with van der Waals surface area (Å²) >= 11 is 0. The van der Waals surface area contributed by atoms with Crippen molar-refractivity contribution in [2.45, 2.75) is 50.7 Å². The normalized spacial score (nSPS) is 18.3. The van der Waals surface area contributed by atoms with Crippen molar-refractivity contribution in [3.63, 3.8) is 0 Å². The highest BCUT2D eigenvalue weighted by atomic mass is 19.4. The molecule has 0 spiro atoms. The smallest absolute Gasteiger partial charge is 0.387 e. The van der Waals surface area contributed by atoms with Crippen LogP contribution in [0.25, 0.3) is 16.9 Å². The van der Waals surface area contributed by atoms with Gasteiger partial charge in [-0.05, 0) is 63.4 Å². The SMILES string of the molecule is CC(C)(O)[C@H](F)CNC(=O)c1cnc(-c2ccc3cc(C#N)cnn23)cc1NC1CC(CNCC(F)(F)F)C1. The number of aliphatic hydroxyl groups is 1. The van der Waals surface area contributed by atoms with Gasteiger partial charge in [0.15, 0.2) is 0 Å². The second kappa shape index (κ2) is 11.2. The number of halogens is 4. The maximum atomic E-state index is 14.2. The molecule has 0 bridgehead atoms. The number of nitriles is 1. The van der Waals surface area contributed by atoms with Crippen LogP contribution in [0.2, 0.25) is 0 Å². The van der Waals surface area contributed by atoms with Crippen LogP contribution >= 0.6 is 0 Å². The van der Waals surface area contributed by atoms with Gasteiger partial charge in [-0.3, -0.25) is 9.78 Å². The fraction of sp³-hybridized carbons (Fsp3) is 0.462. The molecule has 0 saturated heterocycles. The summed E-state index contributed by atoms with van der Waals surface area (Å²) in [4.78, 5) is 17.4. The Hall–Kier alpha value is -3.76. The van der Waals surface area contributed by atoms with Crippen LogP contribution in [0, 0.1) is 17.2 Å². The first kappa shape index (κ1) is 28.3. The first-order valence-corrected chi connectivity index (χ1v) is 12.4. The van der Waals surface area contributed by atoms with E-state index >= 15 is 0 Å². The van der Waals surface area contributed by atoms with Gasteiger partial charge in [0.2, 0.25) is 0 Å². The summed E-state index contributed by atoms with van der Waals surface area (Å²) in [7, 11) is 0. The van der Waals surface area contributed by atoms with Gasteiger partial charge in [0.1, 0.15) is 12.2 Å². The molecule has 1 fully saturated rings. The zero-order valence-electron chi connectivity index (χ0n) is 21.4. The Morgan fingerprint density at radius 3 is 2.67 bits per heavy atom. The molecule has 1 saturated carbocycles. The number of anilines is 1. The number of fused-ring (bicyclic) bond motifs is 1. The molecule has 1 atom stereocenters. The molecule has 13 heteroatoms. The lowest BCUT2D eigenvalue weighted by Crippen LogP contribution is -2.43. The van der Waals surface area contributed by atoms with Gasteiger partial charge >= 0.3 is 6.18 Å². The maximum absolute atomic E-state index is 14.2. The van der Waals surface area contributed by atoms with Gasteiger partial charge in [0, 0.05) is 12.2 Å². The standard InChI is InChI=1S/C26H29F4N7O2/c1-25(2,39)23(27)13-34-24(38)19-12-33-21(22-4-3-18-7-16(9-31)11-35-37(18)22)8-20(19)36-17-5-15(6-17)10-32-14-26(28,29)30/h3-4,7-8,11-12,15,17,23,32,39H,5-6,10,13-14H2,1-2H3,(H,33,36)(H,34,38)/t15?,17?,23-/m1/s1. The largest absolute Gasteiger partial charge is 0.401 e. The average Bonchev–Trinajstić information content (AvgIpc) is 3.27. The first-order chi connectivity index (χ1) is 18.3. The molecular formula is C26H29F4N7O2. The predicted octanol–water partition coefficient (Wildman–Crippen LogP) is 3.45. The van der Waals surface area contributed by atoms with E-state index in [0.717, 1.165) is 0 Å². The van der Waals surface area contributed by atoms with Crippen molar-refractivity contribution >= 4 is 17.1 Å². The average molecular weight is 548 g/mol. The molecule has 4 rings (SSSR count). The molecule has 3 heterocycles. The minimum atomic E-state index is -4.27. The quantitative estimate of drug-likeness (QED) is 0.286. The van der Waals surface area contributed by atoms with Crippen molar-refractivity contribution in [3.05, 3.63) is 47.8 Å². The molecule has 0 unspecified atom stereocenters. The minimum Gasteiger partial charge on any atom is -0.387 e. The molecule has 1 amide bonds. The van der Waals surface area contributed by atoms with E-state index in [4.69, 9.17) is 5.26 Å². The monoisotopic (exact) mass is 547 g/mol. The number of carbonyl (C=O) groups is 1. The summed E-state index contributed by atoms with van der Waals surface area (Å²) in [6.07, 6.45) is -1.99. The number of hydrogen-bond donors (Lipinski definition) is 4. The Bertz CT molecular complexity index is 1370. The third-order valence-corrected chi connectivity index (χ3v) is 6.60. The van der Waals surface area contributed by atoms with E-state index in [9.17, 15) is 27.5 Å². The van der Waals surface area contributed by atoms with Crippen LogP contribution in [0.3, 0.4) is 0 Å². The molecule has 4 N–H and O–H groups in total. The lowest BCUT2D eigenvalue weighted by atomic mass is 9.80. The van der Waals surface area contributed by atoms with Crippen LogP contribution in [-0.2, 0) is 0 Å². The summed E-state index contributed by atoms with van der Waals surface area (Å²) in [6.45, 7) is 1.38. The molecule has 0 aliphatic heterocycles. The summed E-state index contributed by atoms with van der Waals surface area (Å²) in [5.41, 5.74) is 1.11. The van der Waals surface area contributed by atoms with Crippen molar-refractivity contribution < 1.29 is 27.5 Å². The molecule has 0 aromatic carbocycles. The molecular weight excluding hydrogens is 518 g/mol. The Kier molecular flexibility index (Phi) is 8.08. The van der Waals surface area contributed by atoms with Gasteiger partial charge < -0.3 is 21.1 Å². The highest BCUT2D eigenvalue weighted by Crippen LogP contribution is 2.33. The van der Waals surface area contributed by atoms with Crippen LogP contribution < -0.4 is 16.0 Å². The van der Waals surface area contributed by atoms with Crippen molar-refractivity contribution in [2.75, 3.05) is 25.0 Å². The lowest BCUT2D eigenvalue weighted by Gasteiger charge is -2.37. The van der Waals surface area contributed by atoms with Gasteiger partial charge in [-0.1, -0.05) is 0 Å². The molecule has 3 aromatic rings. The third kappa shape index (κ3) is 7.01. The van der Waals surface area contributed by atoms with Crippen LogP contribution in [0.4, 0.5) is 23.2 Å². The van der Waals surface area contributed by atoms with Crippen molar-refractivity contribution in [2.24, 2.45) is 5.92 Å². The third-order valence-electron chi connectivity index (χ3n) is 6.60. The summed E-state index contributed by atoms with van der Waals surface area (Å²) in [5.74, 6) is -0.543. The zero-order chi connectivity index (χ0) is 28.4. The van der Waals surface area contributed by atoms with Gasteiger partial charge in [-0.15, -0.1) is 0 Å². The highest BCUT2D eigenvalue weighted by molar-refractivity contribution is 6.00. The topological polar surface area (TPSA) is 127 Å². The Labute approximate surface area is 222 Å². The van der Waals surface area contributed by atoms with Crippen LogP contribution in [0.15, 0.2) is 36.7 Å². The second-order valence-electron chi connectivity index (χ2n) is 10.3. The number of nitrogens with zero attached hydrogens (tertiary/aromatic N) is 4. The number of alkyl halides is 4. The van der Waals surface area contributed by atoms with Crippen molar-refractivity contribution in [1.29, 1.82) is 5.26 Å². The fourth-order valence-electron chi connectivity index (χ4n) is 4.34. The number of aromatic nitrogens is 3. The van der Waals surface area contributed by atoms with Crippen LogP contribution in [0.5, 0.6) is 0 Å². The molecule has 39 heavy (non-hydrogen) atoms. The van der Waals surface area contributed by atoms with Crippen molar-refractivity contribution in [3.8, 4) is 17.5 Å². The van der Waals surface area contributed by atoms with E-state index in [1.807, 2.05) is 6.07 Å². The highest BCUT2D eigenvalue weighted by Gasteiger charge is 2.32. The number of nitrogens with one attached hydrogen (secondary N) is 3. The van der Waals surface area contributed by atoms with E-state index in [2.05, 4.69) is 26.0 Å². The predicted molar refractivity (Wildman–Crippen MR) is 136 cm³/mol. The Balaban J connectivity index is 1.54. The Morgan fingerprint density at radius 1 is 1.26 bits per heavy atom. The molecule has 1 aliphatic rings. The van der Waals surface area contributed by atoms with Gasteiger partial charge in [0.25, 0.3) is 5.91 Å². The molecule has 1 aliphatic carbocycles. The van der Waals surface area contributed by atoms with E-state index in [0.29, 0.717) is 41.0 Å². The summed E-state index contributed by atoms with van der Waals surface area (Å²) in [6, 6.07) is 8.84. The first-order valence-electron chi connectivity index (χ1n) is 12.4. The van der Waals surface area contributed by atoms with Gasteiger partial charge in [-0.25, -0.2) is 8.91 Å². The number of hydrogen-bond acceptors (Lipinski definition) is 7. The molecule has 9 nitrogen and oxygen atoms in total. The van der Waals surface area contributed by atoms with E-state index in [-0.39, 0.29) is 24.1 Å². The fourth-order valence-corrected chi connectivity index (χ4v) is 4.34. The summed E-state index contributed by atoms with van der Waals surface area (Å²) in [5, 5.41) is 31.4. The Morgan fingerprint density at radius 2 is 2.00 bits per heavy atom. The number of pyridine rings is 1. The lowest BCUT2D eigenvalue weighted by molar-refractivity contribution is -0.125. The van der Waals surface area contributed by atoms with E-state index < -0.39 is 36.9 Å². The van der Waals surface area contributed by atoms with Gasteiger partial charge in [0.05, 0.1) is 58.6 Å². The minimum absolute atomic E-state index is 0.0515. The van der Waals surface area contributed by atoms with E-state index in [1.165, 1.54) is 26.2 Å². The number of carbonyl (C=O) groups excluding carboxylic acids is 1. The molecule has 3 aromatic heterocycles. The van der Waals surface area contributed by atoms with Crippen LogP contribution in [0.1, 0.15) is 42.6 Å². The van der Waals surface area contributed by atoms with E-state index in [1.54, 1.807) is 28.8 Å². The van der Waals surface area contributed by atoms with Gasteiger partial charge in [-0.2, -0.15) is 23.5 Å². The van der Waals surface area contributed by atoms with Crippen molar-refractivity contribution in [1.82, 2.24) is 25.2 Å². The zero-order valence-corrected chi connectivity index (χ0v) is 21.4. The maximum Gasteiger partial charge on any atom is 0.401 e. The molecule has 0 radical (unpaired) electrons. The number of amides is 1. The molecule has 208 valence electrons. The number of rotatable bonds is 10. The van der Waals surface area contributed by atoms with Crippen LogP contribution in [-0.4, -0.2) is 69.2 Å². The second-order valence-corrected chi connectivity index (χ2v) is 10.3. The summed E-state index contributed by atoms with van der Waals surface area (Å²) < 4.78 is 53.0.